The van der Waals surface area contributed by atoms with Crippen LogP contribution in [0.3, 0.4) is 0 Å². The lowest BCUT2D eigenvalue weighted by Gasteiger charge is -2.08. The summed E-state index contributed by atoms with van der Waals surface area (Å²) in [5, 5.41) is 16.0. The maximum absolute atomic E-state index is 13.7. The van der Waals surface area contributed by atoms with Gasteiger partial charge in [-0.15, -0.1) is 0 Å². The smallest absolute Gasteiger partial charge is 0.272 e. The predicted molar refractivity (Wildman–Crippen MR) is 85.1 cm³/mol. The van der Waals surface area contributed by atoms with Crippen LogP contribution < -0.4 is 10.6 Å². The number of nitrogens with zero attached hydrogens (tertiary/aromatic N) is 1. The number of nitrogens with one attached hydrogen (secondary N) is 2. The van der Waals surface area contributed by atoms with Gasteiger partial charge in [0.2, 0.25) is 0 Å². The minimum atomic E-state index is -0.668. The Balaban J connectivity index is 1.97. The first-order chi connectivity index (χ1) is 11.0. The van der Waals surface area contributed by atoms with E-state index >= 15 is 0 Å². The van der Waals surface area contributed by atoms with Gasteiger partial charge < -0.3 is 10.6 Å². The third kappa shape index (κ3) is 4.26. The summed E-state index contributed by atoms with van der Waals surface area (Å²) >= 11 is 0. The number of anilines is 1. The van der Waals surface area contributed by atoms with Crippen LogP contribution in [-0.2, 0) is 6.42 Å². The van der Waals surface area contributed by atoms with Crippen molar-refractivity contribution >= 4 is 17.3 Å². The van der Waals surface area contributed by atoms with Crippen molar-refractivity contribution in [1.82, 2.24) is 5.32 Å². The molecule has 6 nitrogen and oxygen atoms in total. The maximum Gasteiger partial charge on any atom is 0.272 e. The highest BCUT2D eigenvalue weighted by molar-refractivity contribution is 5.94. The number of carbonyl (C=O) groups excluding carboxylic acids is 1. The first-order valence-corrected chi connectivity index (χ1v) is 7.00. The minimum absolute atomic E-state index is 0.166. The highest BCUT2D eigenvalue weighted by atomic mass is 19.1. The number of halogens is 1. The molecular formula is C16H16FN3O3. The Bertz CT molecular complexity index is 734. The van der Waals surface area contributed by atoms with Gasteiger partial charge in [0, 0.05) is 25.2 Å². The highest BCUT2D eigenvalue weighted by Crippen LogP contribution is 2.20. The number of hydrogen-bond donors (Lipinski definition) is 2. The van der Waals surface area contributed by atoms with Gasteiger partial charge in [0.15, 0.2) is 5.82 Å². The second-order valence-corrected chi connectivity index (χ2v) is 4.88. The van der Waals surface area contributed by atoms with E-state index in [9.17, 15) is 19.3 Å². The molecule has 0 spiro atoms. The third-order valence-corrected chi connectivity index (χ3v) is 3.31. The molecule has 0 heterocycles. The molecule has 120 valence electrons. The van der Waals surface area contributed by atoms with E-state index in [1.807, 2.05) is 6.07 Å². The van der Waals surface area contributed by atoms with Crippen LogP contribution in [0.15, 0.2) is 42.5 Å². The van der Waals surface area contributed by atoms with Crippen LogP contribution in [-0.4, -0.2) is 24.4 Å². The standard InChI is InChI=1S/C16H16FN3O3/c1-18-16(21)12-4-2-3-11(9-12)7-8-19-15-6-5-13(20(22)23)10-14(15)17/h2-6,9-10,19H,7-8H2,1H3,(H,18,21). The Kier molecular flexibility index (Phi) is 5.24. The molecule has 0 saturated heterocycles. The molecule has 0 aliphatic heterocycles. The van der Waals surface area contributed by atoms with Gasteiger partial charge in [-0.05, 0) is 30.2 Å². The van der Waals surface area contributed by atoms with E-state index in [-0.39, 0.29) is 17.3 Å². The van der Waals surface area contributed by atoms with Crippen molar-refractivity contribution in [2.75, 3.05) is 18.9 Å². The summed E-state index contributed by atoms with van der Waals surface area (Å²) in [4.78, 5) is 21.5. The van der Waals surface area contributed by atoms with Crippen molar-refractivity contribution in [3.8, 4) is 0 Å². The summed E-state index contributed by atoms with van der Waals surface area (Å²) in [5.74, 6) is -0.834. The van der Waals surface area contributed by atoms with E-state index in [0.29, 0.717) is 18.5 Å². The number of benzene rings is 2. The first kappa shape index (κ1) is 16.4. The van der Waals surface area contributed by atoms with Crippen molar-refractivity contribution in [2.24, 2.45) is 0 Å². The van der Waals surface area contributed by atoms with E-state index in [1.165, 1.54) is 12.1 Å². The highest BCUT2D eigenvalue weighted by Gasteiger charge is 2.10. The fourth-order valence-electron chi connectivity index (χ4n) is 2.11. The third-order valence-electron chi connectivity index (χ3n) is 3.31. The number of nitro benzene ring substituents is 1. The second-order valence-electron chi connectivity index (χ2n) is 4.88. The molecule has 23 heavy (non-hydrogen) atoms. The molecule has 0 radical (unpaired) electrons. The molecule has 7 heteroatoms. The second kappa shape index (κ2) is 7.35. The number of rotatable bonds is 6. The molecule has 2 N–H and O–H groups in total. The van der Waals surface area contributed by atoms with Crippen LogP contribution in [0.1, 0.15) is 15.9 Å². The van der Waals surface area contributed by atoms with Gasteiger partial charge in [0.1, 0.15) is 0 Å². The summed E-state index contributed by atoms with van der Waals surface area (Å²) in [6.45, 7) is 0.436. The van der Waals surface area contributed by atoms with Gasteiger partial charge in [0.05, 0.1) is 16.7 Å². The van der Waals surface area contributed by atoms with Gasteiger partial charge in [0.25, 0.3) is 11.6 Å². The monoisotopic (exact) mass is 317 g/mol. The zero-order valence-electron chi connectivity index (χ0n) is 12.5. The van der Waals surface area contributed by atoms with E-state index in [0.717, 1.165) is 11.6 Å². The molecule has 0 unspecified atom stereocenters. The van der Waals surface area contributed by atoms with E-state index in [4.69, 9.17) is 0 Å². The van der Waals surface area contributed by atoms with Crippen LogP contribution >= 0.6 is 0 Å². The van der Waals surface area contributed by atoms with Crippen molar-refractivity contribution < 1.29 is 14.1 Å². The summed E-state index contributed by atoms with van der Waals surface area (Å²) in [6, 6.07) is 10.6. The average molecular weight is 317 g/mol. The Labute approximate surface area is 132 Å². The maximum atomic E-state index is 13.7. The molecule has 1 amide bonds. The normalized spacial score (nSPS) is 10.2. The largest absolute Gasteiger partial charge is 0.382 e. The Morgan fingerprint density at radius 2 is 2.04 bits per heavy atom. The van der Waals surface area contributed by atoms with Crippen molar-refractivity contribution in [1.29, 1.82) is 0 Å². The van der Waals surface area contributed by atoms with Crippen molar-refractivity contribution in [2.45, 2.75) is 6.42 Å². The average Bonchev–Trinajstić information content (AvgIpc) is 2.55. The van der Waals surface area contributed by atoms with E-state index in [1.54, 1.807) is 25.2 Å². The fraction of sp³-hybridized carbons (Fsp3) is 0.188. The summed E-state index contributed by atoms with van der Waals surface area (Å²) in [5.41, 5.74) is 1.41. The number of amides is 1. The lowest BCUT2D eigenvalue weighted by Crippen LogP contribution is -2.18. The summed E-state index contributed by atoms with van der Waals surface area (Å²) in [6.07, 6.45) is 0.585. The van der Waals surface area contributed by atoms with Crippen LogP contribution in [0.4, 0.5) is 15.8 Å². The molecule has 0 fully saturated rings. The van der Waals surface area contributed by atoms with E-state index in [2.05, 4.69) is 10.6 Å². The molecular weight excluding hydrogens is 301 g/mol. The van der Waals surface area contributed by atoms with Crippen molar-refractivity contribution in [3.63, 3.8) is 0 Å². The van der Waals surface area contributed by atoms with Crippen LogP contribution in [0, 0.1) is 15.9 Å². The lowest BCUT2D eigenvalue weighted by molar-refractivity contribution is -0.385. The number of nitro groups is 1. The SMILES string of the molecule is CNC(=O)c1cccc(CCNc2ccc([N+](=O)[O-])cc2F)c1. The molecule has 0 bridgehead atoms. The fourth-order valence-corrected chi connectivity index (χ4v) is 2.11. The molecule has 2 aromatic carbocycles. The van der Waals surface area contributed by atoms with E-state index < -0.39 is 10.7 Å². The van der Waals surface area contributed by atoms with Crippen molar-refractivity contribution in [3.05, 3.63) is 69.5 Å². The predicted octanol–water partition coefficient (Wildman–Crippen LogP) is 2.75. The van der Waals surface area contributed by atoms with Gasteiger partial charge >= 0.3 is 0 Å². The molecule has 2 rings (SSSR count). The topological polar surface area (TPSA) is 84.3 Å². The number of hydrogen-bond acceptors (Lipinski definition) is 4. The molecule has 2 aromatic rings. The van der Waals surface area contributed by atoms with Crippen LogP contribution in [0.5, 0.6) is 0 Å². The first-order valence-electron chi connectivity index (χ1n) is 7.00. The lowest BCUT2D eigenvalue weighted by atomic mass is 10.1. The Hall–Kier alpha value is -2.96. The molecule has 0 aromatic heterocycles. The minimum Gasteiger partial charge on any atom is -0.382 e. The zero-order valence-corrected chi connectivity index (χ0v) is 12.5. The number of carbonyl (C=O) groups is 1. The Morgan fingerprint density at radius 1 is 1.26 bits per heavy atom. The summed E-state index contributed by atoms with van der Waals surface area (Å²) < 4.78 is 13.7. The van der Waals surface area contributed by atoms with Gasteiger partial charge in [-0.2, -0.15) is 0 Å². The van der Waals surface area contributed by atoms with Crippen LogP contribution in [0.2, 0.25) is 0 Å². The van der Waals surface area contributed by atoms with Gasteiger partial charge in [-0.3, -0.25) is 14.9 Å². The molecule has 0 atom stereocenters. The quantitative estimate of drug-likeness (QED) is 0.634. The van der Waals surface area contributed by atoms with Gasteiger partial charge in [-0.1, -0.05) is 12.1 Å². The summed E-state index contributed by atoms with van der Waals surface area (Å²) in [7, 11) is 1.56. The van der Waals surface area contributed by atoms with Crippen LogP contribution in [0.25, 0.3) is 0 Å². The zero-order chi connectivity index (χ0) is 16.8. The molecule has 0 aliphatic carbocycles. The Morgan fingerprint density at radius 3 is 2.70 bits per heavy atom. The molecule has 0 aliphatic rings. The molecule has 0 saturated carbocycles. The van der Waals surface area contributed by atoms with Gasteiger partial charge in [-0.25, -0.2) is 4.39 Å². The number of non-ortho nitro benzene ring substituents is 1.